The van der Waals surface area contributed by atoms with Gasteiger partial charge in [-0.2, -0.15) is 18.4 Å². The van der Waals surface area contributed by atoms with Crippen molar-refractivity contribution < 1.29 is 56.4 Å². The van der Waals surface area contributed by atoms with E-state index < -0.39 is 70.2 Å². The Balaban J connectivity index is 0.867. The van der Waals surface area contributed by atoms with E-state index in [9.17, 15) is 37.5 Å². The van der Waals surface area contributed by atoms with Gasteiger partial charge in [0.2, 0.25) is 17.7 Å². The highest BCUT2D eigenvalue weighted by atomic mass is 32.1. The zero-order valence-electron chi connectivity index (χ0n) is 39.5. The second-order valence-corrected chi connectivity index (χ2v) is 19.3. The number of nitrogens with zero attached hydrogens (tertiary/aromatic N) is 6. The van der Waals surface area contributed by atoms with Crippen LogP contribution in [0.2, 0.25) is 0 Å². The van der Waals surface area contributed by atoms with E-state index in [4.69, 9.17) is 36.4 Å². The summed E-state index contributed by atoms with van der Waals surface area (Å²) in [7, 11) is 0. The Morgan fingerprint density at radius 1 is 0.971 bits per heavy atom. The minimum Gasteiger partial charge on any atom is -0.491 e. The van der Waals surface area contributed by atoms with Crippen LogP contribution in [0, 0.1) is 23.7 Å². The molecule has 374 valence electrons. The molecule has 2 aliphatic rings. The molecule has 0 aliphatic carbocycles. The summed E-state index contributed by atoms with van der Waals surface area (Å²) < 4.78 is 63.4. The lowest BCUT2D eigenvalue weighted by Gasteiger charge is -2.35. The lowest BCUT2D eigenvalue weighted by atomic mass is 9.85. The standard InChI is InChI=1S/C48H55F3N8O9S2/c1-29-40(70-28-55-29)31-9-7-30(8-10-31)24-54-42(62)38-22-34(60)26-57(38)43(63)41(46(2,3)4)56-39(61)27-67-18-17-65-15-16-66-19-20-68-35-13-11-32(12-14-35)59-45(69)58(44(64)47(59,5)6)33-21-36(48(49,50)51)37(23-52)53-25-33/h7-14,21,25,28,34,38,41,60H,15-20,22,24,26-27H2,1-6H3,(H,54,62)(H,56,61)/t34-,38+,41-/m1/s1. The summed E-state index contributed by atoms with van der Waals surface area (Å²) in [6, 6.07) is 14.6. The van der Waals surface area contributed by atoms with Crippen molar-refractivity contribution in [3.05, 3.63) is 88.8 Å². The number of aryl methyl sites for hydroxylation is 1. The number of aromatic nitrogens is 2. The van der Waals surface area contributed by atoms with Crippen LogP contribution in [-0.2, 0) is 46.1 Å². The Morgan fingerprint density at radius 3 is 2.21 bits per heavy atom. The van der Waals surface area contributed by atoms with Gasteiger partial charge in [0.05, 0.1) is 72.7 Å². The fourth-order valence-corrected chi connectivity index (χ4v) is 9.17. The van der Waals surface area contributed by atoms with Crippen LogP contribution in [0.15, 0.2) is 66.3 Å². The molecule has 0 bridgehead atoms. The molecule has 2 fully saturated rings. The van der Waals surface area contributed by atoms with Gasteiger partial charge >= 0.3 is 6.18 Å². The van der Waals surface area contributed by atoms with Crippen LogP contribution in [0.5, 0.6) is 5.75 Å². The monoisotopic (exact) mass is 1010 g/mol. The summed E-state index contributed by atoms with van der Waals surface area (Å²) in [5, 5.41) is 25.3. The number of hydrogen-bond acceptors (Lipinski definition) is 14. The van der Waals surface area contributed by atoms with Crippen molar-refractivity contribution in [3.63, 3.8) is 0 Å². The topological polar surface area (TPSA) is 209 Å². The van der Waals surface area contributed by atoms with E-state index >= 15 is 0 Å². The number of aliphatic hydroxyl groups is 1. The van der Waals surface area contributed by atoms with Gasteiger partial charge in [-0.05, 0) is 79.9 Å². The number of aliphatic hydroxyl groups excluding tert-OH is 1. The molecule has 2 aromatic carbocycles. The third-order valence-corrected chi connectivity index (χ3v) is 12.8. The Hall–Kier alpha value is -6.09. The number of likely N-dealkylation sites (tertiary alicyclic amines) is 1. The first-order chi connectivity index (χ1) is 33.1. The molecule has 70 heavy (non-hydrogen) atoms. The highest BCUT2D eigenvalue weighted by molar-refractivity contribution is 7.81. The molecule has 4 amide bonds. The molecule has 0 spiro atoms. The third kappa shape index (κ3) is 12.8. The minimum atomic E-state index is -4.87. The fourth-order valence-electron chi connectivity index (χ4n) is 7.83. The quantitative estimate of drug-likeness (QED) is 0.0732. The predicted octanol–water partition coefficient (Wildman–Crippen LogP) is 5.56. The van der Waals surface area contributed by atoms with Gasteiger partial charge in [-0.25, -0.2) is 9.97 Å². The molecular formula is C48H55F3N8O9S2. The molecule has 0 saturated carbocycles. The van der Waals surface area contributed by atoms with Crippen molar-refractivity contribution in [3.8, 4) is 22.3 Å². The first kappa shape index (κ1) is 53.3. The highest BCUT2D eigenvalue weighted by Gasteiger charge is 2.51. The Kier molecular flexibility index (Phi) is 17.3. The molecule has 3 N–H and O–H groups in total. The van der Waals surface area contributed by atoms with E-state index in [0.717, 1.165) is 32.8 Å². The molecule has 2 saturated heterocycles. The maximum atomic E-state index is 13.9. The van der Waals surface area contributed by atoms with Gasteiger partial charge in [0.15, 0.2) is 10.8 Å². The molecule has 4 heterocycles. The van der Waals surface area contributed by atoms with Gasteiger partial charge in [-0.1, -0.05) is 45.0 Å². The van der Waals surface area contributed by atoms with Gasteiger partial charge in [0.25, 0.3) is 5.91 Å². The average Bonchev–Trinajstić information content (AvgIpc) is 3.98. The van der Waals surface area contributed by atoms with Gasteiger partial charge in [0.1, 0.15) is 42.7 Å². The van der Waals surface area contributed by atoms with E-state index in [-0.39, 0.29) is 76.6 Å². The number of ether oxygens (including phenoxy) is 4. The summed E-state index contributed by atoms with van der Waals surface area (Å²) in [4.78, 5) is 66.6. The summed E-state index contributed by atoms with van der Waals surface area (Å²) in [6.45, 7) is 11.5. The van der Waals surface area contributed by atoms with Crippen molar-refractivity contribution in [2.45, 2.75) is 84.4 Å². The number of nitriles is 1. The van der Waals surface area contributed by atoms with Crippen molar-refractivity contribution in [1.82, 2.24) is 25.5 Å². The first-order valence-corrected chi connectivity index (χ1v) is 23.6. The Labute approximate surface area is 412 Å². The van der Waals surface area contributed by atoms with E-state index in [1.165, 1.54) is 15.9 Å². The predicted molar refractivity (Wildman–Crippen MR) is 257 cm³/mol. The number of anilines is 2. The number of halogens is 3. The molecule has 17 nitrogen and oxygen atoms in total. The van der Waals surface area contributed by atoms with E-state index in [1.54, 1.807) is 75.7 Å². The molecule has 4 aromatic rings. The van der Waals surface area contributed by atoms with Crippen molar-refractivity contribution in [2.75, 3.05) is 62.6 Å². The molecule has 6 rings (SSSR count). The minimum absolute atomic E-state index is 0.0490. The Bertz CT molecular complexity index is 2570. The molecular weight excluding hydrogens is 954 g/mol. The van der Waals surface area contributed by atoms with Gasteiger partial charge in [-0.3, -0.25) is 24.1 Å². The molecule has 0 radical (unpaired) electrons. The molecule has 22 heteroatoms. The number of rotatable bonds is 20. The number of hydrogen-bond donors (Lipinski definition) is 3. The maximum absolute atomic E-state index is 13.9. The smallest absolute Gasteiger partial charge is 0.419 e. The first-order valence-electron chi connectivity index (χ1n) is 22.3. The zero-order chi connectivity index (χ0) is 51.0. The fraction of sp³-hybridized carbons (Fsp3) is 0.458. The maximum Gasteiger partial charge on any atom is 0.419 e. The third-order valence-electron chi connectivity index (χ3n) is 11.5. The molecule has 2 aromatic heterocycles. The van der Waals surface area contributed by atoms with Crippen molar-refractivity contribution in [2.24, 2.45) is 5.41 Å². The van der Waals surface area contributed by atoms with Crippen LogP contribution in [0.3, 0.4) is 0 Å². The number of thiocarbonyl (C=S) groups is 1. The number of benzene rings is 2. The van der Waals surface area contributed by atoms with E-state index in [0.29, 0.717) is 17.5 Å². The van der Waals surface area contributed by atoms with Crippen LogP contribution in [0.4, 0.5) is 24.5 Å². The number of β-amino-alcohol motifs (C(OH)–C–C–N with tert-alkyl or cyclic N) is 1. The molecule has 2 aliphatic heterocycles. The van der Waals surface area contributed by atoms with E-state index in [1.807, 2.05) is 31.2 Å². The SMILES string of the molecule is Cc1ncsc1-c1ccc(CNC(=O)[C@@H]2C[C@@H](O)CN2C(=O)[C@@H](NC(=O)COCCOCCOCCOc2ccc(N3C(=S)N(c4cnc(C#N)c(C(F)(F)F)c4)C(=O)C3(C)C)cc2)C(C)(C)C)cc1. The number of amides is 4. The lowest BCUT2D eigenvalue weighted by Crippen LogP contribution is -2.58. The van der Waals surface area contributed by atoms with Gasteiger partial charge in [-0.15, -0.1) is 11.3 Å². The number of alkyl halides is 3. The normalized spacial score (nSPS) is 17.4. The van der Waals surface area contributed by atoms with Crippen LogP contribution in [-0.4, -0.2) is 125 Å². The molecule has 3 atom stereocenters. The zero-order valence-corrected chi connectivity index (χ0v) is 41.1. The number of thiazole rings is 1. The van der Waals surface area contributed by atoms with Crippen LogP contribution >= 0.6 is 23.6 Å². The van der Waals surface area contributed by atoms with Crippen molar-refractivity contribution in [1.29, 1.82) is 5.26 Å². The second-order valence-electron chi connectivity index (χ2n) is 18.1. The van der Waals surface area contributed by atoms with Crippen molar-refractivity contribution >= 4 is 63.7 Å². The Morgan fingerprint density at radius 2 is 1.61 bits per heavy atom. The molecule has 0 unspecified atom stereocenters. The number of nitrogens with one attached hydrogen (secondary N) is 2. The largest absolute Gasteiger partial charge is 0.491 e. The average molecular weight is 1010 g/mol. The lowest BCUT2D eigenvalue weighted by molar-refractivity contribution is -0.144. The van der Waals surface area contributed by atoms with Crippen LogP contribution < -0.4 is 25.2 Å². The van der Waals surface area contributed by atoms with E-state index in [2.05, 4.69) is 20.6 Å². The summed E-state index contributed by atoms with van der Waals surface area (Å²) in [6.07, 6.45) is -4.70. The van der Waals surface area contributed by atoms with Gasteiger partial charge in [0, 0.05) is 25.2 Å². The number of carbonyl (C=O) groups is 4. The van der Waals surface area contributed by atoms with Crippen LogP contribution in [0.25, 0.3) is 10.4 Å². The highest BCUT2D eigenvalue weighted by Crippen LogP contribution is 2.39. The summed E-state index contributed by atoms with van der Waals surface area (Å²) in [5.41, 5.74) is 0.815. The number of pyridine rings is 1. The summed E-state index contributed by atoms with van der Waals surface area (Å²) >= 11 is 7.13. The van der Waals surface area contributed by atoms with Crippen LogP contribution in [0.1, 0.15) is 63.6 Å². The second kappa shape index (κ2) is 22.8. The number of carbonyl (C=O) groups excluding carboxylic acids is 4. The summed E-state index contributed by atoms with van der Waals surface area (Å²) in [5.74, 6) is -1.51. The van der Waals surface area contributed by atoms with Gasteiger partial charge < -0.3 is 44.5 Å².